The molecule has 0 radical (unpaired) electrons. The number of hydrogen-bond donors (Lipinski definition) is 3. The summed E-state index contributed by atoms with van der Waals surface area (Å²) in [6.07, 6.45) is 1.79. The van der Waals surface area contributed by atoms with E-state index in [2.05, 4.69) is 32.7 Å². The van der Waals surface area contributed by atoms with Gasteiger partial charge in [0.05, 0.1) is 0 Å². The van der Waals surface area contributed by atoms with Crippen LogP contribution in [-0.4, -0.2) is 57.9 Å². The molecule has 1 unspecified atom stereocenters. The molecular weight excluding hydrogens is 412 g/mol. The molecule has 8 heteroatoms. The molecule has 31 heavy (non-hydrogen) atoms. The highest BCUT2D eigenvalue weighted by Gasteiger charge is 2.32. The van der Waals surface area contributed by atoms with Crippen molar-refractivity contribution < 1.29 is 14.7 Å². The Hall–Kier alpha value is -2.68. The summed E-state index contributed by atoms with van der Waals surface area (Å²) in [4.78, 5) is 33.3. The minimum atomic E-state index is -0.857. The number of carbonyl (C=O) groups excluding carboxylic acids is 1. The third-order valence-corrected chi connectivity index (χ3v) is 6.63. The lowest BCUT2D eigenvalue weighted by Gasteiger charge is -2.37. The number of piperazine rings is 1. The second-order valence-corrected chi connectivity index (χ2v) is 9.31. The van der Waals surface area contributed by atoms with Gasteiger partial charge in [0.2, 0.25) is 5.91 Å². The van der Waals surface area contributed by atoms with E-state index in [4.69, 9.17) is 0 Å². The van der Waals surface area contributed by atoms with Gasteiger partial charge in [-0.3, -0.25) is 19.4 Å². The molecule has 0 aliphatic carbocycles. The van der Waals surface area contributed by atoms with Crippen molar-refractivity contribution in [3.05, 3.63) is 52.3 Å². The van der Waals surface area contributed by atoms with Crippen LogP contribution in [-0.2, 0) is 16.1 Å². The lowest BCUT2D eigenvalue weighted by molar-refractivity contribution is -0.144. The molecule has 1 aliphatic rings. The summed E-state index contributed by atoms with van der Waals surface area (Å²) < 4.78 is 0. The summed E-state index contributed by atoms with van der Waals surface area (Å²) in [6, 6.07) is 9.05. The van der Waals surface area contributed by atoms with Gasteiger partial charge >= 0.3 is 5.97 Å². The number of fused-ring (bicyclic) bond motifs is 1. The van der Waals surface area contributed by atoms with Crippen LogP contribution in [0.3, 0.4) is 0 Å². The van der Waals surface area contributed by atoms with Gasteiger partial charge in [0.25, 0.3) is 0 Å². The van der Waals surface area contributed by atoms with Gasteiger partial charge in [-0.05, 0) is 29.6 Å². The second kappa shape index (κ2) is 9.21. The Labute approximate surface area is 185 Å². The van der Waals surface area contributed by atoms with Gasteiger partial charge in [-0.2, -0.15) is 0 Å². The predicted molar refractivity (Wildman–Crippen MR) is 123 cm³/mol. The van der Waals surface area contributed by atoms with E-state index in [0.717, 1.165) is 36.1 Å². The van der Waals surface area contributed by atoms with E-state index in [1.54, 1.807) is 17.5 Å². The van der Waals surface area contributed by atoms with Crippen LogP contribution < -0.4 is 5.32 Å². The number of aromatic nitrogens is 1. The molecule has 4 rings (SSSR count). The first-order valence-corrected chi connectivity index (χ1v) is 11.4. The Morgan fingerprint density at radius 2 is 1.97 bits per heavy atom. The maximum absolute atomic E-state index is 12.3. The Kier molecular flexibility index (Phi) is 6.41. The van der Waals surface area contributed by atoms with Gasteiger partial charge in [-0.25, -0.2) is 0 Å². The first kappa shape index (κ1) is 21.5. The van der Waals surface area contributed by atoms with Crippen LogP contribution in [0.25, 0.3) is 10.9 Å². The van der Waals surface area contributed by atoms with Crippen LogP contribution in [0.15, 0.2) is 41.9 Å². The Balaban J connectivity index is 1.53. The minimum absolute atomic E-state index is 0.0620. The summed E-state index contributed by atoms with van der Waals surface area (Å²) >= 11 is 1.75. The van der Waals surface area contributed by atoms with Crippen LogP contribution in [0.1, 0.15) is 30.3 Å². The van der Waals surface area contributed by atoms with Crippen LogP contribution in [0, 0.1) is 5.92 Å². The van der Waals surface area contributed by atoms with E-state index in [1.165, 1.54) is 4.88 Å². The van der Waals surface area contributed by atoms with Crippen molar-refractivity contribution in [3.8, 4) is 0 Å². The molecule has 2 aromatic heterocycles. The lowest BCUT2D eigenvalue weighted by atomic mass is 10.0. The van der Waals surface area contributed by atoms with E-state index in [0.29, 0.717) is 18.8 Å². The molecule has 1 saturated heterocycles. The molecule has 0 bridgehead atoms. The van der Waals surface area contributed by atoms with Gasteiger partial charge in [-0.15, -0.1) is 11.3 Å². The molecule has 0 saturated carbocycles. The van der Waals surface area contributed by atoms with E-state index in [9.17, 15) is 14.7 Å². The zero-order chi connectivity index (χ0) is 22.0. The summed E-state index contributed by atoms with van der Waals surface area (Å²) in [7, 11) is 0. The average Bonchev–Trinajstić information content (AvgIpc) is 3.39. The third-order valence-electron chi connectivity index (χ3n) is 5.77. The molecule has 3 N–H and O–H groups in total. The quantitative estimate of drug-likeness (QED) is 0.521. The van der Waals surface area contributed by atoms with E-state index < -0.39 is 12.0 Å². The van der Waals surface area contributed by atoms with Crippen molar-refractivity contribution in [2.45, 2.75) is 26.4 Å². The van der Waals surface area contributed by atoms with E-state index >= 15 is 0 Å². The topological polar surface area (TPSA) is 88.7 Å². The normalized spacial score (nSPS) is 16.6. The van der Waals surface area contributed by atoms with Gasteiger partial charge in [-0.1, -0.05) is 19.9 Å². The maximum Gasteiger partial charge on any atom is 0.325 e. The summed E-state index contributed by atoms with van der Waals surface area (Å²) in [5.74, 6) is -1.05. The van der Waals surface area contributed by atoms with Crippen molar-refractivity contribution in [2.24, 2.45) is 5.92 Å². The molecule has 1 aliphatic heterocycles. The molecule has 1 amide bonds. The van der Waals surface area contributed by atoms with Crippen LogP contribution in [0.2, 0.25) is 0 Å². The zero-order valence-corrected chi connectivity index (χ0v) is 18.6. The molecule has 1 aromatic carbocycles. The highest BCUT2D eigenvalue weighted by Crippen LogP contribution is 2.31. The van der Waals surface area contributed by atoms with E-state index in [-0.39, 0.29) is 11.8 Å². The second-order valence-electron chi connectivity index (χ2n) is 8.28. The number of carbonyl (C=O) groups is 2. The number of carboxylic acid groups (broad SMARTS) is 1. The molecule has 0 spiro atoms. The molecule has 3 aromatic rings. The number of aliphatic carboxylic acids is 1. The highest BCUT2D eigenvalue weighted by atomic mass is 32.1. The van der Waals surface area contributed by atoms with Gasteiger partial charge < -0.3 is 15.4 Å². The lowest BCUT2D eigenvalue weighted by Crippen LogP contribution is -2.48. The fraction of sp³-hybridized carbons (Fsp3) is 0.391. The minimum Gasteiger partial charge on any atom is -0.480 e. The molecule has 1 atom stereocenters. The predicted octanol–water partition coefficient (Wildman–Crippen LogP) is 3.77. The molecule has 3 heterocycles. The standard InChI is InChI=1S/C23H28N4O3S/c1-15(2)22(28)25-16-5-6-20-18(12-16)19(13-24-20)21(23(29)30)27-9-7-26(8-10-27)14-17-4-3-11-31-17/h3-6,11-13,15,21,24H,7-10,14H2,1-2H3,(H,25,28)(H,29,30). The Morgan fingerprint density at radius 1 is 1.19 bits per heavy atom. The van der Waals surface area contributed by atoms with Crippen molar-refractivity contribution in [2.75, 3.05) is 31.5 Å². The van der Waals surface area contributed by atoms with Gasteiger partial charge in [0, 0.05) is 71.9 Å². The van der Waals surface area contributed by atoms with Crippen molar-refractivity contribution >= 4 is 39.8 Å². The maximum atomic E-state index is 12.3. The third kappa shape index (κ3) is 4.81. The number of nitrogens with zero attached hydrogens (tertiary/aromatic N) is 2. The van der Waals surface area contributed by atoms with Gasteiger partial charge in [0.15, 0.2) is 0 Å². The number of nitrogens with one attached hydrogen (secondary N) is 2. The fourth-order valence-electron chi connectivity index (χ4n) is 4.02. The molecule has 164 valence electrons. The number of amides is 1. The summed E-state index contributed by atoms with van der Waals surface area (Å²) in [6.45, 7) is 7.65. The number of benzene rings is 1. The highest BCUT2D eigenvalue weighted by molar-refractivity contribution is 7.09. The first-order valence-electron chi connectivity index (χ1n) is 10.6. The summed E-state index contributed by atoms with van der Waals surface area (Å²) in [5.41, 5.74) is 2.27. The first-order chi connectivity index (χ1) is 14.9. The van der Waals surface area contributed by atoms with E-state index in [1.807, 2.05) is 36.9 Å². The SMILES string of the molecule is CC(C)C(=O)Nc1ccc2[nH]cc(C(C(=O)O)N3CCN(Cc4cccs4)CC3)c2c1. The van der Waals surface area contributed by atoms with Crippen LogP contribution in [0.5, 0.6) is 0 Å². The number of H-pyrrole nitrogens is 1. The molecule has 7 nitrogen and oxygen atoms in total. The summed E-state index contributed by atoms with van der Waals surface area (Å²) in [5, 5.41) is 15.9. The Morgan fingerprint density at radius 3 is 2.61 bits per heavy atom. The monoisotopic (exact) mass is 440 g/mol. The smallest absolute Gasteiger partial charge is 0.325 e. The number of hydrogen-bond acceptors (Lipinski definition) is 5. The number of aromatic amines is 1. The molecule has 1 fully saturated rings. The van der Waals surface area contributed by atoms with Crippen LogP contribution in [0.4, 0.5) is 5.69 Å². The number of rotatable bonds is 7. The van der Waals surface area contributed by atoms with Gasteiger partial charge in [0.1, 0.15) is 6.04 Å². The number of anilines is 1. The van der Waals surface area contributed by atoms with Crippen LogP contribution >= 0.6 is 11.3 Å². The van der Waals surface area contributed by atoms with Crippen molar-refractivity contribution in [1.29, 1.82) is 0 Å². The molecular formula is C23H28N4O3S. The zero-order valence-electron chi connectivity index (χ0n) is 17.8. The van der Waals surface area contributed by atoms with Crippen molar-refractivity contribution in [1.82, 2.24) is 14.8 Å². The average molecular weight is 441 g/mol. The Bertz CT molecular complexity index is 1050. The number of thiophene rings is 1. The fourth-order valence-corrected chi connectivity index (χ4v) is 4.77. The largest absolute Gasteiger partial charge is 0.480 e. The van der Waals surface area contributed by atoms with Crippen molar-refractivity contribution in [3.63, 3.8) is 0 Å². The number of carboxylic acids is 1.